The minimum atomic E-state index is -1.05. The van der Waals surface area contributed by atoms with E-state index >= 15 is 0 Å². The fourth-order valence-electron chi connectivity index (χ4n) is 3.39. The zero-order valence-corrected chi connectivity index (χ0v) is 18.2. The summed E-state index contributed by atoms with van der Waals surface area (Å²) in [6, 6.07) is 11.6. The molecule has 0 fully saturated rings. The SMILES string of the molecule is COc1ccccc1Nc1nc2c(c(=O)[nH]1)C(C(=O)Nc1cc(Cl)cc(Cl)c1)CC(=O)N2. The van der Waals surface area contributed by atoms with E-state index in [9.17, 15) is 14.4 Å². The Morgan fingerprint density at radius 1 is 1.16 bits per heavy atom. The number of benzene rings is 2. The fourth-order valence-corrected chi connectivity index (χ4v) is 3.91. The Bertz CT molecular complexity index is 1260. The van der Waals surface area contributed by atoms with E-state index in [0.29, 0.717) is 27.2 Å². The molecule has 32 heavy (non-hydrogen) atoms. The van der Waals surface area contributed by atoms with Crippen LogP contribution in [0.5, 0.6) is 5.75 Å². The lowest BCUT2D eigenvalue weighted by Gasteiger charge is -2.24. The first-order chi connectivity index (χ1) is 15.3. The number of aromatic nitrogens is 2. The number of amides is 2. The van der Waals surface area contributed by atoms with Crippen LogP contribution in [0, 0.1) is 0 Å². The quantitative estimate of drug-likeness (QED) is 0.445. The first kappa shape index (κ1) is 21.7. The van der Waals surface area contributed by atoms with E-state index in [0.717, 1.165) is 0 Å². The van der Waals surface area contributed by atoms with E-state index in [1.807, 2.05) is 0 Å². The van der Waals surface area contributed by atoms with Gasteiger partial charge in [-0.3, -0.25) is 19.4 Å². The summed E-state index contributed by atoms with van der Waals surface area (Å²) < 4.78 is 5.28. The average Bonchev–Trinajstić information content (AvgIpc) is 2.72. The molecule has 0 spiro atoms. The highest BCUT2D eigenvalue weighted by atomic mass is 35.5. The van der Waals surface area contributed by atoms with Crippen LogP contribution in [0.3, 0.4) is 0 Å². The Labute approximate surface area is 192 Å². The number of hydrogen-bond acceptors (Lipinski definition) is 6. The Morgan fingerprint density at radius 2 is 1.88 bits per heavy atom. The van der Waals surface area contributed by atoms with Crippen molar-refractivity contribution in [2.45, 2.75) is 12.3 Å². The number of carbonyl (C=O) groups is 2. The molecule has 0 saturated heterocycles. The van der Waals surface area contributed by atoms with Gasteiger partial charge in [0.2, 0.25) is 17.8 Å². The summed E-state index contributed by atoms with van der Waals surface area (Å²) in [6.45, 7) is 0. The molecule has 0 radical (unpaired) electrons. The van der Waals surface area contributed by atoms with Crippen molar-refractivity contribution in [3.8, 4) is 5.75 Å². The van der Waals surface area contributed by atoms with Crippen molar-refractivity contribution in [3.63, 3.8) is 0 Å². The number of carbonyl (C=O) groups excluding carboxylic acids is 2. The van der Waals surface area contributed by atoms with E-state index in [1.54, 1.807) is 24.3 Å². The van der Waals surface area contributed by atoms with Gasteiger partial charge >= 0.3 is 0 Å². The third-order valence-corrected chi connectivity index (χ3v) is 5.19. The number of methoxy groups -OCH3 is 1. The smallest absolute Gasteiger partial charge is 0.258 e. The zero-order chi connectivity index (χ0) is 22.8. The molecule has 1 aliphatic heterocycles. The Hall–Kier alpha value is -3.56. The van der Waals surface area contributed by atoms with Gasteiger partial charge in [0, 0.05) is 22.2 Å². The Kier molecular flexibility index (Phi) is 6.02. The Morgan fingerprint density at radius 3 is 2.59 bits per heavy atom. The predicted octanol–water partition coefficient (Wildman–Crippen LogP) is 3.89. The number of rotatable bonds is 5. The highest BCUT2D eigenvalue weighted by Crippen LogP contribution is 2.32. The summed E-state index contributed by atoms with van der Waals surface area (Å²) in [5.41, 5.74) is 0.406. The van der Waals surface area contributed by atoms with Gasteiger partial charge in [-0.15, -0.1) is 0 Å². The second-order valence-corrected chi connectivity index (χ2v) is 7.83. The van der Waals surface area contributed by atoms with Crippen molar-refractivity contribution in [1.82, 2.24) is 9.97 Å². The van der Waals surface area contributed by atoms with Crippen LogP contribution >= 0.6 is 23.2 Å². The molecule has 4 N–H and O–H groups in total. The summed E-state index contributed by atoms with van der Waals surface area (Å²) in [7, 11) is 1.51. The highest BCUT2D eigenvalue weighted by molar-refractivity contribution is 6.35. The topological polar surface area (TPSA) is 125 Å². The fraction of sp³-hybridized carbons (Fsp3) is 0.143. The molecule has 1 atom stereocenters. The van der Waals surface area contributed by atoms with Crippen LogP contribution in [0.4, 0.5) is 23.1 Å². The number of halogens is 2. The number of ether oxygens (including phenoxy) is 1. The minimum Gasteiger partial charge on any atom is -0.495 e. The van der Waals surface area contributed by atoms with Crippen molar-refractivity contribution >= 4 is 58.2 Å². The summed E-state index contributed by atoms with van der Waals surface area (Å²) >= 11 is 11.9. The van der Waals surface area contributed by atoms with Gasteiger partial charge in [0.15, 0.2) is 0 Å². The van der Waals surface area contributed by atoms with Crippen LogP contribution in [0.25, 0.3) is 0 Å². The van der Waals surface area contributed by atoms with Crippen molar-refractivity contribution < 1.29 is 14.3 Å². The first-order valence-corrected chi connectivity index (χ1v) is 10.2. The number of hydrogen-bond donors (Lipinski definition) is 4. The van der Waals surface area contributed by atoms with Crippen molar-refractivity contribution in [2.75, 3.05) is 23.1 Å². The van der Waals surface area contributed by atoms with E-state index in [2.05, 4.69) is 25.9 Å². The molecule has 0 bridgehead atoms. The second kappa shape index (κ2) is 8.89. The third kappa shape index (κ3) is 4.53. The number of anilines is 4. The maximum Gasteiger partial charge on any atom is 0.258 e. The molecule has 4 rings (SSSR count). The van der Waals surface area contributed by atoms with Crippen molar-refractivity contribution in [3.05, 3.63) is 68.4 Å². The Balaban J connectivity index is 1.65. The molecule has 164 valence electrons. The van der Waals surface area contributed by atoms with Gasteiger partial charge in [0.05, 0.1) is 24.3 Å². The molecule has 1 aromatic heterocycles. The predicted molar refractivity (Wildman–Crippen MR) is 122 cm³/mol. The van der Waals surface area contributed by atoms with E-state index in [4.69, 9.17) is 27.9 Å². The summed E-state index contributed by atoms with van der Waals surface area (Å²) in [6.07, 6.45) is -0.211. The molecular formula is C21H17Cl2N5O4. The van der Waals surface area contributed by atoms with E-state index in [-0.39, 0.29) is 23.8 Å². The largest absolute Gasteiger partial charge is 0.495 e. The first-order valence-electron chi connectivity index (χ1n) is 9.45. The summed E-state index contributed by atoms with van der Waals surface area (Å²) in [5.74, 6) is -1.42. The minimum absolute atomic E-state index is 0.00618. The monoisotopic (exact) mass is 473 g/mol. The number of H-pyrrole nitrogens is 1. The van der Waals surface area contributed by atoms with Gasteiger partial charge < -0.3 is 20.7 Å². The number of nitrogens with zero attached hydrogens (tertiary/aromatic N) is 1. The molecule has 9 nitrogen and oxygen atoms in total. The van der Waals surface area contributed by atoms with Crippen LogP contribution in [0.15, 0.2) is 47.3 Å². The van der Waals surface area contributed by atoms with Gasteiger partial charge in [-0.05, 0) is 30.3 Å². The normalized spacial score (nSPS) is 14.8. The van der Waals surface area contributed by atoms with Crippen LogP contribution in [0.2, 0.25) is 10.0 Å². The molecule has 1 unspecified atom stereocenters. The molecule has 2 heterocycles. The molecule has 0 saturated carbocycles. The van der Waals surface area contributed by atoms with Crippen LogP contribution in [0.1, 0.15) is 17.9 Å². The number of para-hydroxylation sites is 2. The molecule has 11 heteroatoms. The van der Waals surface area contributed by atoms with Crippen LogP contribution < -0.4 is 26.2 Å². The van der Waals surface area contributed by atoms with Crippen LogP contribution in [-0.4, -0.2) is 28.9 Å². The standard InChI is InChI=1S/C21H17Cl2N5O4/c1-32-15-5-3-2-4-14(15)25-21-27-18-17(20(31)28-21)13(9-16(29)26-18)19(30)24-12-7-10(22)6-11(23)8-12/h2-8,13H,9H2,1H3,(H,24,30)(H3,25,26,27,28,29,31). The van der Waals surface area contributed by atoms with Gasteiger partial charge in [-0.25, -0.2) is 0 Å². The van der Waals surface area contributed by atoms with Gasteiger partial charge in [0.1, 0.15) is 11.6 Å². The highest BCUT2D eigenvalue weighted by Gasteiger charge is 2.35. The lowest BCUT2D eigenvalue weighted by molar-refractivity contribution is -0.123. The third-order valence-electron chi connectivity index (χ3n) is 4.76. The van der Waals surface area contributed by atoms with E-state index in [1.165, 1.54) is 25.3 Å². The number of nitrogens with one attached hydrogen (secondary N) is 4. The van der Waals surface area contributed by atoms with Crippen molar-refractivity contribution in [1.29, 1.82) is 0 Å². The van der Waals surface area contributed by atoms with Crippen molar-refractivity contribution in [2.24, 2.45) is 0 Å². The lowest BCUT2D eigenvalue weighted by Crippen LogP contribution is -2.36. The second-order valence-electron chi connectivity index (χ2n) is 6.95. The summed E-state index contributed by atoms with van der Waals surface area (Å²) in [4.78, 5) is 44.9. The molecule has 3 aromatic rings. The molecule has 2 aromatic carbocycles. The van der Waals surface area contributed by atoms with E-state index < -0.39 is 23.3 Å². The summed E-state index contributed by atoms with van der Waals surface area (Å²) in [5, 5.41) is 8.83. The molecule has 2 amide bonds. The molecular weight excluding hydrogens is 457 g/mol. The van der Waals surface area contributed by atoms with Gasteiger partial charge in [-0.1, -0.05) is 35.3 Å². The van der Waals surface area contributed by atoms with Crippen LogP contribution in [-0.2, 0) is 9.59 Å². The lowest BCUT2D eigenvalue weighted by atomic mass is 9.92. The van der Waals surface area contributed by atoms with Gasteiger partial charge in [-0.2, -0.15) is 4.98 Å². The molecule has 0 aliphatic carbocycles. The number of aromatic amines is 1. The zero-order valence-electron chi connectivity index (χ0n) is 16.7. The van der Waals surface area contributed by atoms with Gasteiger partial charge in [0.25, 0.3) is 5.56 Å². The molecule has 1 aliphatic rings. The maximum absolute atomic E-state index is 12.9. The maximum atomic E-state index is 12.9. The average molecular weight is 474 g/mol. The number of fused-ring (bicyclic) bond motifs is 1.